The summed E-state index contributed by atoms with van der Waals surface area (Å²) in [6.07, 6.45) is -37.4. The van der Waals surface area contributed by atoms with Crippen LogP contribution >= 0.6 is 0 Å². The summed E-state index contributed by atoms with van der Waals surface area (Å²) >= 11 is 0. The van der Waals surface area contributed by atoms with Crippen LogP contribution in [0.1, 0.15) is 13.8 Å². The third-order valence-corrected chi connectivity index (χ3v) is 10.4. The highest BCUT2D eigenvalue weighted by Crippen LogP contribution is 2.36. The maximum atomic E-state index is 12.6. The van der Waals surface area contributed by atoms with Gasteiger partial charge in [-0.05, 0) is 0 Å². The molecule has 11 N–H and O–H groups in total. The second-order valence-electron chi connectivity index (χ2n) is 14.0. The predicted octanol–water partition coefficient (Wildman–Crippen LogP) is -8.32. The first-order chi connectivity index (χ1) is 30.0. The number of nitrogens with one attached hydrogen (secondary N) is 2. The molecule has 4 aliphatic heterocycles. The fraction of sp³-hybridized carbons (Fsp3) is 0.806. The van der Waals surface area contributed by atoms with Gasteiger partial charge >= 0.3 is 20.8 Å². The summed E-state index contributed by atoms with van der Waals surface area (Å²) in [6, 6.07) is -3.69. The number of amides is 2. The quantitative estimate of drug-likeness (QED) is 0.0289. The Kier molecular flexibility index (Phi) is 19.2. The summed E-state index contributed by atoms with van der Waals surface area (Å²) in [6.45, 7) is 2.26. The van der Waals surface area contributed by atoms with E-state index < -0.39 is 169 Å². The van der Waals surface area contributed by atoms with Crippen LogP contribution in [0.5, 0.6) is 0 Å². The fourth-order valence-corrected chi connectivity index (χ4v) is 7.95. The number of aliphatic hydroxyl groups is 7. The molecule has 0 spiro atoms. The molecule has 0 radical (unpaired) electrons. The average Bonchev–Trinajstić information content (AvgIpc) is 3.20. The minimum absolute atomic E-state index is 0.225. The van der Waals surface area contributed by atoms with E-state index in [-0.39, 0.29) is 19.6 Å². The SMILES string of the molecule is C=CCOC1OC(CO)[C@H](OS(=O)(=O)O)[C@H](OC2OC(OC=O)[C@@H](O[C@@H]3OC(CO)[C@H](OS(=O)(=O)O)[C@H](OC4OC(OC=O)[C@@H](O)[C@H](O)[C@@H]4O)C3NC(C)=O)[C@H](O)[C@@H]2O)[C@@H]1NC(C)=O. The van der Waals surface area contributed by atoms with Crippen molar-refractivity contribution in [3.8, 4) is 0 Å². The molecular weight excluding hydrogens is 928 g/mol. The second kappa shape index (κ2) is 23.0. The molecule has 64 heavy (non-hydrogen) atoms. The number of hydrogen-bond donors (Lipinski definition) is 11. The van der Waals surface area contributed by atoms with Gasteiger partial charge in [-0.3, -0.25) is 28.3 Å². The molecule has 0 aromatic heterocycles. The van der Waals surface area contributed by atoms with E-state index in [0.29, 0.717) is 0 Å². The summed E-state index contributed by atoms with van der Waals surface area (Å²) in [5, 5.41) is 79.2. The van der Waals surface area contributed by atoms with Gasteiger partial charge in [-0.2, -0.15) is 16.8 Å². The van der Waals surface area contributed by atoms with Gasteiger partial charge in [-0.1, -0.05) is 6.08 Å². The van der Waals surface area contributed by atoms with Crippen molar-refractivity contribution < 1.29 is 137 Å². The van der Waals surface area contributed by atoms with Crippen LogP contribution in [0.15, 0.2) is 12.7 Å². The first-order valence-electron chi connectivity index (χ1n) is 18.5. The first-order valence-corrected chi connectivity index (χ1v) is 21.2. The van der Waals surface area contributed by atoms with Crippen molar-refractivity contribution in [2.75, 3.05) is 19.8 Å². The van der Waals surface area contributed by atoms with Gasteiger partial charge in [0, 0.05) is 13.8 Å². The van der Waals surface area contributed by atoms with Crippen molar-refractivity contribution in [3.05, 3.63) is 12.7 Å². The molecule has 368 valence electrons. The maximum absolute atomic E-state index is 12.6. The molecule has 4 saturated heterocycles. The molecule has 4 fully saturated rings. The van der Waals surface area contributed by atoms with E-state index >= 15 is 0 Å². The zero-order chi connectivity index (χ0) is 47.8. The largest absolute Gasteiger partial charge is 0.435 e. The lowest BCUT2D eigenvalue weighted by molar-refractivity contribution is -0.395. The smallest absolute Gasteiger partial charge is 0.397 e. The molecule has 4 rings (SSSR count). The van der Waals surface area contributed by atoms with Gasteiger partial charge in [-0.15, -0.1) is 6.58 Å². The molecule has 2 amide bonds. The van der Waals surface area contributed by atoms with Crippen LogP contribution in [0.4, 0.5) is 0 Å². The van der Waals surface area contributed by atoms with Crippen LogP contribution in [0, 0.1) is 0 Å². The Morgan fingerprint density at radius 1 is 0.578 bits per heavy atom. The van der Waals surface area contributed by atoms with E-state index in [9.17, 15) is 80.9 Å². The van der Waals surface area contributed by atoms with E-state index in [0.717, 1.165) is 13.8 Å². The van der Waals surface area contributed by atoms with Gasteiger partial charge in [0.05, 0.1) is 19.8 Å². The van der Waals surface area contributed by atoms with Gasteiger partial charge in [0.1, 0.15) is 79.2 Å². The molecule has 20 atom stereocenters. The highest BCUT2D eigenvalue weighted by molar-refractivity contribution is 7.81. The highest BCUT2D eigenvalue weighted by atomic mass is 32.3. The lowest BCUT2D eigenvalue weighted by atomic mass is 9.95. The molecule has 4 heterocycles. The first kappa shape index (κ1) is 53.4. The number of aliphatic hydroxyl groups excluding tert-OH is 7. The van der Waals surface area contributed by atoms with Gasteiger partial charge in [0.2, 0.25) is 24.4 Å². The summed E-state index contributed by atoms with van der Waals surface area (Å²) < 4.78 is 131. The molecule has 0 aromatic rings. The standard InChI is InChI=1S/C31H48N2O29S2/c1-4-5-51-26-14(32-10(2)38)23(21(12(6-34)54-26)61-63(45,46)47)56-30-20(44)17(41)25(31(60-30)53-9-37)58-27-15(33-11(3)39)24(22(13(7-35)55-27)62-64(48,49)50)57-29-19(43)16(40)18(42)28(59-29)52-8-36/h4,8-9,12-31,34-35,40-44H,1,5-7H2,2-3H3,(H,32,38)(H,33,39)(H,45,46,47)(H,48,49,50)/t12?,13?,14-,15?,16-,17+,18-,19-,20-,21-,22-,23+,24+,25-,26?,27-,28?,29?,30?,31?/m0/s1. The van der Waals surface area contributed by atoms with Crippen molar-refractivity contribution in [3.63, 3.8) is 0 Å². The Labute approximate surface area is 361 Å². The summed E-state index contributed by atoms with van der Waals surface area (Å²) in [7, 11) is -11.0. The number of hydrogen-bond acceptors (Lipinski definition) is 27. The van der Waals surface area contributed by atoms with E-state index in [1.807, 2.05) is 0 Å². The molecule has 0 saturated carbocycles. The lowest BCUT2D eigenvalue weighted by Gasteiger charge is -2.50. The van der Waals surface area contributed by atoms with E-state index in [2.05, 4.69) is 26.1 Å². The van der Waals surface area contributed by atoms with Crippen molar-refractivity contribution in [1.29, 1.82) is 0 Å². The minimum Gasteiger partial charge on any atom is -0.435 e. The van der Waals surface area contributed by atoms with Crippen molar-refractivity contribution in [2.45, 2.75) is 137 Å². The third-order valence-electron chi connectivity index (χ3n) is 9.52. The van der Waals surface area contributed by atoms with E-state index in [1.54, 1.807) is 0 Å². The Bertz CT molecular complexity index is 1810. The van der Waals surface area contributed by atoms with Crippen LogP contribution in [-0.2, 0) is 95.7 Å². The molecular formula is C31H48N2O29S2. The number of carbonyl (C=O) groups excluding carboxylic acids is 4. The van der Waals surface area contributed by atoms with Crippen LogP contribution in [0.25, 0.3) is 0 Å². The number of carbonyl (C=O) groups is 4. The lowest BCUT2D eigenvalue weighted by Crippen LogP contribution is -2.71. The number of ether oxygens (including phenoxy) is 10. The van der Waals surface area contributed by atoms with Crippen LogP contribution in [0.3, 0.4) is 0 Å². The fourth-order valence-electron chi connectivity index (χ4n) is 6.92. The van der Waals surface area contributed by atoms with Crippen LogP contribution in [0.2, 0.25) is 0 Å². The average molecular weight is 977 g/mol. The van der Waals surface area contributed by atoms with Crippen molar-refractivity contribution in [2.24, 2.45) is 0 Å². The van der Waals surface area contributed by atoms with Gasteiger partial charge in [0.15, 0.2) is 31.3 Å². The zero-order valence-corrected chi connectivity index (χ0v) is 34.7. The molecule has 0 bridgehead atoms. The summed E-state index contributed by atoms with van der Waals surface area (Å²) in [5.41, 5.74) is 0. The Balaban J connectivity index is 1.74. The van der Waals surface area contributed by atoms with E-state index in [4.69, 9.17) is 46.8 Å². The Morgan fingerprint density at radius 2 is 0.984 bits per heavy atom. The number of rotatable bonds is 21. The second-order valence-corrected chi connectivity index (χ2v) is 16.1. The van der Waals surface area contributed by atoms with Crippen molar-refractivity contribution >= 4 is 45.6 Å². The molecule has 8 unspecified atom stereocenters. The van der Waals surface area contributed by atoms with Crippen LogP contribution in [-0.4, -0.2) is 229 Å². The predicted molar refractivity (Wildman–Crippen MR) is 192 cm³/mol. The van der Waals surface area contributed by atoms with Gasteiger partial charge in [-0.25, -0.2) is 8.37 Å². The monoisotopic (exact) mass is 976 g/mol. The molecule has 4 aliphatic rings. The Hall–Kier alpha value is -3.24. The minimum atomic E-state index is -5.55. The maximum Gasteiger partial charge on any atom is 0.397 e. The summed E-state index contributed by atoms with van der Waals surface area (Å²) in [5.74, 6) is -1.84. The normalized spacial score (nSPS) is 40.7. The zero-order valence-electron chi connectivity index (χ0n) is 33.1. The van der Waals surface area contributed by atoms with Crippen LogP contribution < -0.4 is 10.6 Å². The summed E-state index contributed by atoms with van der Waals surface area (Å²) in [4.78, 5) is 47.8. The molecule has 0 aliphatic carbocycles. The van der Waals surface area contributed by atoms with Crippen molar-refractivity contribution in [1.82, 2.24) is 10.6 Å². The highest BCUT2D eigenvalue weighted by Gasteiger charge is 2.58. The third kappa shape index (κ3) is 13.4. The molecule has 33 heteroatoms. The van der Waals surface area contributed by atoms with E-state index in [1.165, 1.54) is 6.08 Å². The van der Waals surface area contributed by atoms with Gasteiger partial charge in [0.25, 0.3) is 12.9 Å². The Morgan fingerprint density at radius 3 is 1.42 bits per heavy atom. The van der Waals surface area contributed by atoms with Gasteiger partial charge < -0.3 is 93.7 Å². The molecule has 31 nitrogen and oxygen atoms in total. The topological polar surface area (TPSA) is 453 Å². The molecule has 0 aromatic carbocycles.